The molecule has 0 saturated heterocycles. The van der Waals surface area contributed by atoms with Crippen molar-refractivity contribution in [2.75, 3.05) is 0 Å². The maximum Gasteiger partial charge on any atom is 0.260 e. The molecule has 0 spiro atoms. The highest BCUT2D eigenvalue weighted by molar-refractivity contribution is 6.31. The monoisotopic (exact) mass is 399 g/mol. The zero-order valence-electron chi connectivity index (χ0n) is 15.8. The van der Waals surface area contributed by atoms with Crippen molar-refractivity contribution >= 4 is 34.4 Å². The van der Waals surface area contributed by atoms with E-state index in [0.717, 1.165) is 22.1 Å². The molecule has 142 valence electrons. The number of H-pyrrole nitrogens is 1. The lowest BCUT2D eigenvalue weighted by molar-refractivity contribution is 0.104. The van der Waals surface area contributed by atoms with Crippen LogP contribution in [0.1, 0.15) is 21.5 Å². The molecule has 3 aromatic carbocycles. The predicted octanol–water partition coefficient (Wildman–Crippen LogP) is 6.05. The SMILES string of the molecule is Cc1ccccc1/C=C/C(=O)c1c(-c2ccccc2)c2cc(Cl)ccc2[nH]c1=O. The number of nitrogens with one attached hydrogen (secondary N) is 1. The van der Waals surface area contributed by atoms with E-state index in [-0.39, 0.29) is 11.3 Å². The van der Waals surface area contributed by atoms with Crippen LogP contribution in [0.5, 0.6) is 0 Å². The van der Waals surface area contributed by atoms with Crippen LogP contribution in [0.3, 0.4) is 0 Å². The number of halogens is 1. The van der Waals surface area contributed by atoms with E-state index in [0.29, 0.717) is 16.1 Å². The van der Waals surface area contributed by atoms with Crippen LogP contribution in [0.15, 0.2) is 83.7 Å². The second kappa shape index (κ2) is 7.90. The van der Waals surface area contributed by atoms with Crippen molar-refractivity contribution in [3.8, 4) is 11.1 Å². The van der Waals surface area contributed by atoms with Crippen LogP contribution >= 0.6 is 11.6 Å². The Balaban J connectivity index is 1.94. The highest BCUT2D eigenvalue weighted by Crippen LogP contribution is 2.31. The van der Waals surface area contributed by atoms with Gasteiger partial charge >= 0.3 is 0 Å². The Labute approximate surface area is 173 Å². The summed E-state index contributed by atoms with van der Waals surface area (Å²) in [6.07, 6.45) is 3.20. The predicted molar refractivity (Wildman–Crippen MR) is 120 cm³/mol. The number of carbonyl (C=O) groups is 1. The van der Waals surface area contributed by atoms with Crippen molar-refractivity contribution in [1.29, 1.82) is 0 Å². The summed E-state index contributed by atoms with van der Waals surface area (Å²) in [4.78, 5) is 28.8. The molecule has 1 N–H and O–H groups in total. The number of carbonyl (C=O) groups excluding carboxylic acids is 1. The zero-order chi connectivity index (χ0) is 20.4. The number of pyridine rings is 1. The number of allylic oxidation sites excluding steroid dienone is 1. The molecule has 0 fully saturated rings. The Hall–Kier alpha value is -3.43. The molecule has 0 aliphatic rings. The van der Waals surface area contributed by atoms with Crippen LogP contribution in [0.2, 0.25) is 5.02 Å². The van der Waals surface area contributed by atoms with Crippen LogP contribution in [0.25, 0.3) is 28.1 Å². The molecule has 0 amide bonds. The summed E-state index contributed by atoms with van der Waals surface area (Å²) < 4.78 is 0. The number of aromatic amines is 1. The van der Waals surface area contributed by atoms with Gasteiger partial charge in [0.1, 0.15) is 0 Å². The van der Waals surface area contributed by atoms with Gasteiger partial charge < -0.3 is 4.98 Å². The molecular formula is C25H18ClNO2. The molecule has 3 nitrogen and oxygen atoms in total. The first-order chi connectivity index (χ1) is 14.0. The van der Waals surface area contributed by atoms with Gasteiger partial charge in [0.15, 0.2) is 5.78 Å². The second-order valence-electron chi connectivity index (χ2n) is 6.81. The topological polar surface area (TPSA) is 49.9 Å². The van der Waals surface area contributed by atoms with E-state index >= 15 is 0 Å². The Bertz CT molecular complexity index is 1300. The van der Waals surface area contributed by atoms with E-state index in [1.165, 1.54) is 6.08 Å². The van der Waals surface area contributed by atoms with Crippen molar-refractivity contribution in [3.05, 3.63) is 111 Å². The smallest absolute Gasteiger partial charge is 0.260 e. The highest BCUT2D eigenvalue weighted by atomic mass is 35.5. The van der Waals surface area contributed by atoms with Crippen molar-refractivity contribution in [2.24, 2.45) is 0 Å². The summed E-state index contributed by atoms with van der Waals surface area (Å²) in [6, 6.07) is 22.4. The molecule has 29 heavy (non-hydrogen) atoms. The number of rotatable bonds is 4. The fourth-order valence-corrected chi connectivity index (χ4v) is 3.60. The molecule has 0 unspecified atom stereocenters. The molecule has 0 radical (unpaired) electrons. The Morgan fingerprint density at radius 3 is 2.45 bits per heavy atom. The van der Waals surface area contributed by atoms with E-state index < -0.39 is 5.56 Å². The lowest BCUT2D eigenvalue weighted by Gasteiger charge is -2.12. The number of benzene rings is 3. The third-order valence-electron chi connectivity index (χ3n) is 4.89. The van der Waals surface area contributed by atoms with Crippen molar-refractivity contribution in [1.82, 2.24) is 4.98 Å². The van der Waals surface area contributed by atoms with E-state index in [1.54, 1.807) is 24.3 Å². The minimum atomic E-state index is -0.418. The molecule has 4 aromatic rings. The van der Waals surface area contributed by atoms with Gasteiger partial charge in [0.2, 0.25) is 0 Å². The van der Waals surface area contributed by atoms with E-state index in [1.807, 2.05) is 61.5 Å². The maximum absolute atomic E-state index is 13.1. The number of hydrogen-bond donors (Lipinski definition) is 1. The maximum atomic E-state index is 13.1. The lowest BCUT2D eigenvalue weighted by Crippen LogP contribution is -2.18. The van der Waals surface area contributed by atoms with Gasteiger partial charge in [0.25, 0.3) is 5.56 Å². The van der Waals surface area contributed by atoms with Gasteiger partial charge in [0, 0.05) is 21.5 Å². The molecule has 0 aliphatic heterocycles. The van der Waals surface area contributed by atoms with E-state index in [9.17, 15) is 9.59 Å². The Kier molecular flexibility index (Phi) is 5.15. The zero-order valence-corrected chi connectivity index (χ0v) is 16.5. The normalized spacial score (nSPS) is 11.2. The average Bonchev–Trinajstić information content (AvgIpc) is 2.73. The van der Waals surface area contributed by atoms with Crippen LogP contribution in [-0.4, -0.2) is 10.8 Å². The fourth-order valence-electron chi connectivity index (χ4n) is 3.43. The summed E-state index contributed by atoms with van der Waals surface area (Å²) in [5, 5.41) is 1.27. The van der Waals surface area contributed by atoms with Gasteiger partial charge in [-0.3, -0.25) is 9.59 Å². The third kappa shape index (κ3) is 3.78. The number of hydrogen-bond acceptors (Lipinski definition) is 2. The summed E-state index contributed by atoms with van der Waals surface area (Å²) in [7, 11) is 0. The van der Waals surface area contributed by atoms with Crippen LogP contribution in [-0.2, 0) is 0 Å². The fraction of sp³-hybridized carbons (Fsp3) is 0.0400. The molecule has 4 rings (SSSR count). The van der Waals surface area contributed by atoms with Gasteiger partial charge in [-0.25, -0.2) is 0 Å². The van der Waals surface area contributed by atoms with E-state index in [4.69, 9.17) is 11.6 Å². The summed E-state index contributed by atoms with van der Waals surface area (Å²) in [6.45, 7) is 1.98. The van der Waals surface area contributed by atoms with Gasteiger partial charge in [-0.1, -0.05) is 72.3 Å². The second-order valence-corrected chi connectivity index (χ2v) is 7.25. The highest BCUT2D eigenvalue weighted by Gasteiger charge is 2.19. The Morgan fingerprint density at radius 2 is 1.69 bits per heavy atom. The Morgan fingerprint density at radius 1 is 0.966 bits per heavy atom. The van der Waals surface area contributed by atoms with Gasteiger partial charge in [-0.2, -0.15) is 0 Å². The number of ketones is 1. The first-order valence-corrected chi connectivity index (χ1v) is 9.61. The molecule has 1 heterocycles. The van der Waals surface area contributed by atoms with E-state index in [2.05, 4.69) is 4.98 Å². The summed E-state index contributed by atoms with van der Waals surface area (Å²) in [5.41, 5.74) is 3.69. The first kappa shape index (κ1) is 18.9. The first-order valence-electron chi connectivity index (χ1n) is 9.23. The minimum Gasteiger partial charge on any atom is -0.321 e. The molecule has 4 heteroatoms. The van der Waals surface area contributed by atoms with Gasteiger partial charge in [-0.05, 0) is 47.9 Å². The number of fused-ring (bicyclic) bond motifs is 1. The number of aryl methyl sites for hydroxylation is 1. The quantitative estimate of drug-likeness (QED) is 0.335. The molecule has 0 aliphatic carbocycles. The molecule has 0 atom stereocenters. The van der Waals surface area contributed by atoms with Gasteiger partial charge in [-0.15, -0.1) is 0 Å². The van der Waals surface area contributed by atoms with Crippen molar-refractivity contribution in [3.63, 3.8) is 0 Å². The largest absolute Gasteiger partial charge is 0.321 e. The van der Waals surface area contributed by atoms with Crippen LogP contribution in [0, 0.1) is 6.92 Å². The van der Waals surface area contributed by atoms with Crippen LogP contribution < -0.4 is 5.56 Å². The molecule has 0 bridgehead atoms. The van der Waals surface area contributed by atoms with Crippen molar-refractivity contribution < 1.29 is 4.79 Å². The van der Waals surface area contributed by atoms with Crippen molar-refractivity contribution in [2.45, 2.75) is 6.92 Å². The van der Waals surface area contributed by atoms with Gasteiger partial charge in [0.05, 0.1) is 5.56 Å². The molecular weight excluding hydrogens is 382 g/mol. The standard InChI is InChI=1S/C25H18ClNO2/c1-16-7-5-6-8-17(16)11-14-22(28)24-23(18-9-3-2-4-10-18)20-15-19(26)12-13-21(20)27-25(24)29/h2-15H,1H3,(H,27,29)/b14-11+. The number of aromatic nitrogens is 1. The third-order valence-corrected chi connectivity index (χ3v) is 5.12. The molecule has 1 aromatic heterocycles. The minimum absolute atomic E-state index is 0.107. The summed E-state index contributed by atoms with van der Waals surface area (Å²) >= 11 is 6.22. The molecule has 0 saturated carbocycles. The average molecular weight is 400 g/mol. The van der Waals surface area contributed by atoms with Crippen LogP contribution in [0.4, 0.5) is 0 Å². The lowest BCUT2D eigenvalue weighted by atomic mass is 9.93. The summed E-state index contributed by atoms with van der Waals surface area (Å²) in [5.74, 6) is -0.352.